The van der Waals surface area contributed by atoms with Gasteiger partial charge in [-0.2, -0.15) is 5.10 Å². The Morgan fingerprint density at radius 2 is 2.12 bits per heavy atom. The van der Waals surface area contributed by atoms with Gasteiger partial charge >= 0.3 is 5.97 Å². The standard InChI is InChI=1S/C10H15N3O3/c1-6-5-8(13(4)11-6)9(14)12(3)7(2)10(15)16/h5,7H,1-4H3,(H,15,16). The first-order valence-corrected chi connectivity index (χ1v) is 4.85. The molecule has 0 spiro atoms. The Kier molecular flexibility index (Phi) is 3.31. The summed E-state index contributed by atoms with van der Waals surface area (Å²) in [5, 5.41) is 12.8. The molecule has 1 aromatic rings. The van der Waals surface area contributed by atoms with Crippen molar-refractivity contribution in [1.82, 2.24) is 14.7 Å². The van der Waals surface area contributed by atoms with Crippen molar-refractivity contribution in [3.63, 3.8) is 0 Å². The van der Waals surface area contributed by atoms with Crippen molar-refractivity contribution in [2.75, 3.05) is 7.05 Å². The van der Waals surface area contributed by atoms with Gasteiger partial charge in [-0.3, -0.25) is 9.48 Å². The summed E-state index contributed by atoms with van der Waals surface area (Å²) in [6.07, 6.45) is 0. The fraction of sp³-hybridized carbons (Fsp3) is 0.500. The third-order valence-electron chi connectivity index (χ3n) is 2.48. The molecule has 1 aromatic heterocycles. The molecule has 1 N–H and O–H groups in total. The minimum absolute atomic E-state index is 0.349. The van der Waals surface area contributed by atoms with Crippen LogP contribution in [0.4, 0.5) is 0 Å². The number of hydrogen-bond donors (Lipinski definition) is 1. The Labute approximate surface area is 93.5 Å². The second-order valence-electron chi connectivity index (χ2n) is 3.72. The number of hydrogen-bond acceptors (Lipinski definition) is 3. The highest BCUT2D eigenvalue weighted by Gasteiger charge is 2.24. The van der Waals surface area contributed by atoms with Crippen LogP contribution in [-0.4, -0.2) is 44.8 Å². The minimum atomic E-state index is -1.03. The number of carbonyl (C=O) groups excluding carboxylic acids is 1. The number of carboxylic acids is 1. The lowest BCUT2D eigenvalue weighted by Crippen LogP contribution is -2.40. The monoisotopic (exact) mass is 225 g/mol. The molecule has 1 unspecified atom stereocenters. The Morgan fingerprint density at radius 1 is 1.56 bits per heavy atom. The summed E-state index contributed by atoms with van der Waals surface area (Å²) < 4.78 is 1.45. The van der Waals surface area contributed by atoms with Crippen LogP contribution in [0, 0.1) is 6.92 Å². The molecule has 1 heterocycles. The Bertz CT molecular complexity index is 425. The van der Waals surface area contributed by atoms with Crippen LogP contribution < -0.4 is 0 Å². The predicted octanol–water partition coefficient (Wildman–Crippen LogP) is 0.274. The average molecular weight is 225 g/mol. The van der Waals surface area contributed by atoms with Gasteiger partial charge in [0.05, 0.1) is 5.69 Å². The highest BCUT2D eigenvalue weighted by Crippen LogP contribution is 2.07. The highest BCUT2D eigenvalue weighted by molar-refractivity contribution is 5.95. The number of nitrogens with zero attached hydrogens (tertiary/aromatic N) is 3. The molecule has 1 rings (SSSR count). The van der Waals surface area contributed by atoms with Crippen LogP contribution in [0.25, 0.3) is 0 Å². The van der Waals surface area contributed by atoms with Gasteiger partial charge in [0, 0.05) is 14.1 Å². The Morgan fingerprint density at radius 3 is 2.50 bits per heavy atom. The predicted molar refractivity (Wildman–Crippen MR) is 57.1 cm³/mol. The zero-order chi connectivity index (χ0) is 12.5. The summed E-state index contributed by atoms with van der Waals surface area (Å²) in [4.78, 5) is 23.9. The fourth-order valence-corrected chi connectivity index (χ4v) is 1.33. The van der Waals surface area contributed by atoms with Crippen LogP contribution >= 0.6 is 0 Å². The number of aromatic nitrogens is 2. The summed E-state index contributed by atoms with van der Waals surface area (Å²) in [5.41, 5.74) is 1.11. The van der Waals surface area contributed by atoms with E-state index in [1.165, 1.54) is 23.6 Å². The van der Waals surface area contributed by atoms with Crippen molar-refractivity contribution in [3.05, 3.63) is 17.5 Å². The lowest BCUT2D eigenvalue weighted by Gasteiger charge is -2.21. The first-order valence-electron chi connectivity index (χ1n) is 4.85. The van der Waals surface area contributed by atoms with Gasteiger partial charge in [0.25, 0.3) is 5.91 Å². The molecule has 6 heteroatoms. The van der Waals surface area contributed by atoms with Gasteiger partial charge in [0.1, 0.15) is 11.7 Å². The van der Waals surface area contributed by atoms with E-state index in [-0.39, 0.29) is 5.91 Å². The van der Waals surface area contributed by atoms with E-state index in [2.05, 4.69) is 5.10 Å². The molecule has 6 nitrogen and oxygen atoms in total. The van der Waals surface area contributed by atoms with E-state index in [1.54, 1.807) is 20.0 Å². The second kappa shape index (κ2) is 4.34. The van der Waals surface area contributed by atoms with Crippen molar-refractivity contribution < 1.29 is 14.7 Å². The molecular formula is C10H15N3O3. The van der Waals surface area contributed by atoms with Gasteiger partial charge in [0.15, 0.2) is 0 Å². The first-order chi connectivity index (χ1) is 7.34. The molecule has 88 valence electrons. The van der Waals surface area contributed by atoms with E-state index in [4.69, 9.17) is 5.11 Å². The van der Waals surface area contributed by atoms with Crippen LogP contribution in [0.1, 0.15) is 23.1 Å². The van der Waals surface area contributed by atoms with Gasteiger partial charge < -0.3 is 10.0 Å². The third-order valence-corrected chi connectivity index (χ3v) is 2.48. The van der Waals surface area contributed by atoms with Crippen molar-refractivity contribution in [2.24, 2.45) is 7.05 Å². The lowest BCUT2D eigenvalue weighted by molar-refractivity contribution is -0.141. The molecule has 0 saturated carbocycles. The van der Waals surface area contributed by atoms with Crippen molar-refractivity contribution in [3.8, 4) is 0 Å². The molecule has 0 aliphatic rings. The zero-order valence-corrected chi connectivity index (χ0v) is 9.76. The molecule has 0 aliphatic carbocycles. The smallest absolute Gasteiger partial charge is 0.326 e. The largest absolute Gasteiger partial charge is 0.480 e. The van der Waals surface area contributed by atoms with Crippen LogP contribution in [0.15, 0.2) is 6.07 Å². The number of amides is 1. The van der Waals surface area contributed by atoms with E-state index in [0.717, 1.165) is 5.69 Å². The lowest BCUT2D eigenvalue weighted by atomic mass is 10.2. The first kappa shape index (κ1) is 12.2. The molecular weight excluding hydrogens is 210 g/mol. The number of aryl methyl sites for hydroxylation is 2. The summed E-state index contributed by atoms with van der Waals surface area (Å²) in [6.45, 7) is 3.24. The van der Waals surface area contributed by atoms with Crippen LogP contribution in [0.5, 0.6) is 0 Å². The maximum absolute atomic E-state index is 11.9. The van der Waals surface area contributed by atoms with E-state index in [9.17, 15) is 9.59 Å². The number of carbonyl (C=O) groups is 2. The summed E-state index contributed by atoms with van der Waals surface area (Å²) in [6, 6.07) is 0.774. The van der Waals surface area contributed by atoms with E-state index >= 15 is 0 Å². The van der Waals surface area contributed by atoms with Crippen molar-refractivity contribution in [2.45, 2.75) is 19.9 Å². The van der Waals surface area contributed by atoms with Gasteiger partial charge in [-0.15, -0.1) is 0 Å². The highest BCUT2D eigenvalue weighted by atomic mass is 16.4. The number of aliphatic carboxylic acids is 1. The molecule has 0 aromatic carbocycles. The van der Waals surface area contributed by atoms with Crippen molar-refractivity contribution >= 4 is 11.9 Å². The maximum Gasteiger partial charge on any atom is 0.326 e. The van der Waals surface area contributed by atoms with Gasteiger partial charge in [-0.05, 0) is 19.9 Å². The SMILES string of the molecule is Cc1cc(C(=O)N(C)C(C)C(=O)O)n(C)n1. The minimum Gasteiger partial charge on any atom is -0.480 e. The van der Waals surface area contributed by atoms with Gasteiger partial charge in [-0.1, -0.05) is 0 Å². The van der Waals surface area contributed by atoms with E-state index < -0.39 is 12.0 Å². The molecule has 0 bridgehead atoms. The third kappa shape index (κ3) is 2.21. The Balaban J connectivity index is 2.94. The van der Waals surface area contributed by atoms with Crippen LogP contribution in [0.3, 0.4) is 0 Å². The van der Waals surface area contributed by atoms with Crippen molar-refractivity contribution in [1.29, 1.82) is 0 Å². The van der Waals surface area contributed by atoms with Crippen LogP contribution in [0.2, 0.25) is 0 Å². The summed E-state index contributed by atoms with van der Waals surface area (Å²) in [7, 11) is 3.11. The van der Waals surface area contributed by atoms with E-state index in [1.807, 2.05) is 0 Å². The molecule has 0 aliphatic heterocycles. The molecule has 16 heavy (non-hydrogen) atoms. The molecule has 0 radical (unpaired) electrons. The molecule has 0 saturated heterocycles. The fourth-order valence-electron chi connectivity index (χ4n) is 1.33. The quantitative estimate of drug-likeness (QED) is 0.801. The number of carboxylic acid groups (broad SMARTS) is 1. The maximum atomic E-state index is 11.9. The molecule has 0 fully saturated rings. The Hall–Kier alpha value is -1.85. The van der Waals surface area contributed by atoms with E-state index in [0.29, 0.717) is 5.69 Å². The second-order valence-corrected chi connectivity index (χ2v) is 3.72. The topological polar surface area (TPSA) is 75.4 Å². The molecule has 1 amide bonds. The molecule has 1 atom stereocenters. The van der Waals surface area contributed by atoms with Gasteiger partial charge in [-0.25, -0.2) is 4.79 Å². The zero-order valence-electron chi connectivity index (χ0n) is 9.76. The normalized spacial score (nSPS) is 12.2. The summed E-state index contributed by atoms with van der Waals surface area (Å²) in [5.74, 6) is -1.38. The van der Waals surface area contributed by atoms with Crippen LogP contribution in [-0.2, 0) is 11.8 Å². The summed E-state index contributed by atoms with van der Waals surface area (Å²) >= 11 is 0. The number of rotatable bonds is 3. The van der Waals surface area contributed by atoms with Gasteiger partial charge in [0.2, 0.25) is 0 Å². The number of likely N-dealkylation sites (N-methyl/N-ethyl adjacent to an activating group) is 1. The average Bonchev–Trinajstić information content (AvgIpc) is 2.54.